The van der Waals surface area contributed by atoms with Gasteiger partial charge in [-0.2, -0.15) is 0 Å². The Morgan fingerprint density at radius 2 is 1.54 bits per heavy atom. The molecule has 7 nitrogen and oxygen atoms in total. The van der Waals surface area contributed by atoms with Crippen LogP contribution in [0.25, 0.3) is 0 Å². The standard InChI is InChI=1S/C24H24Cl2F2N2O5/c25-16-3-1-14(7-18(16)27)34-11-21(32)29-23-13-5-6-24(9-13,10-20(23)31)30-22(33)12-35-15-2-4-17(26)19(28)8-15/h1-4,7-8,13,20,23,31H,5-6,9-12H2,(H,29,32)(H,30,33)/t13-,20+,23-,24-/m1/s1. The zero-order valence-corrected chi connectivity index (χ0v) is 20.0. The third kappa shape index (κ3) is 6.15. The summed E-state index contributed by atoms with van der Waals surface area (Å²) in [7, 11) is 0. The van der Waals surface area contributed by atoms with Crippen LogP contribution in [-0.4, -0.2) is 47.8 Å². The topological polar surface area (TPSA) is 96.9 Å². The number of hydrogen-bond donors (Lipinski definition) is 3. The molecule has 0 aromatic heterocycles. The Morgan fingerprint density at radius 3 is 2.11 bits per heavy atom. The summed E-state index contributed by atoms with van der Waals surface area (Å²) < 4.78 is 37.7. The maximum atomic E-state index is 13.5. The molecular weight excluding hydrogens is 505 g/mol. The summed E-state index contributed by atoms with van der Waals surface area (Å²) in [6, 6.07) is 7.29. The number of halogens is 4. The van der Waals surface area contributed by atoms with Crippen LogP contribution in [0.4, 0.5) is 8.78 Å². The molecule has 0 heterocycles. The summed E-state index contributed by atoms with van der Waals surface area (Å²) in [4.78, 5) is 24.9. The molecule has 11 heteroatoms. The molecule has 2 aromatic rings. The van der Waals surface area contributed by atoms with Gasteiger partial charge in [0, 0.05) is 17.7 Å². The largest absolute Gasteiger partial charge is 0.484 e. The van der Waals surface area contributed by atoms with Crippen LogP contribution >= 0.6 is 23.2 Å². The number of benzene rings is 2. The summed E-state index contributed by atoms with van der Waals surface area (Å²) in [5.74, 6) is -1.83. The van der Waals surface area contributed by atoms with Gasteiger partial charge in [0.15, 0.2) is 13.2 Å². The summed E-state index contributed by atoms with van der Waals surface area (Å²) in [5.41, 5.74) is -0.603. The highest BCUT2D eigenvalue weighted by Crippen LogP contribution is 2.45. The van der Waals surface area contributed by atoms with Crippen LogP contribution in [0.15, 0.2) is 36.4 Å². The molecule has 2 aliphatic carbocycles. The van der Waals surface area contributed by atoms with Crippen molar-refractivity contribution in [2.45, 2.75) is 43.4 Å². The minimum Gasteiger partial charge on any atom is -0.484 e. The number of ether oxygens (including phenoxy) is 2. The van der Waals surface area contributed by atoms with E-state index in [0.717, 1.165) is 12.1 Å². The molecule has 2 aromatic carbocycles. The molecule has 0 saturated heterocycles. The Balaban J connectivity index is 1.27. The zero-order valence-electron chi connectivity index (χ0n) is 18.5. The van der Waals surface area contributed by atoms with Gasteiger partial charge in [0.25, 0.3) is 11.8 Å². The van der Waals surface area contributed by atoms with Gasteiger partial charge in [-0.25, -0.2) is 8.78 Å². The number of carbonyl (C=O) groups is 2. The van der Waals surface area contributed by atoms with Crippen LogP contribution in [0, 0.1) is 17.6 Å². The first-order valence-electron chi connectivity index (χ1n) is 11.1. The van der Waals surface area contributed by atoms with E-state index >= 15 is 0 Å². The lowest BCUT2D eigenvalue weighted by atomic mass is 9.78. The van der Waals surface area contributed by atoms with Crippen LogP contribution in [0.5, 0.6) is 11.5 Å². The van der Waals surface area contributed by atoms with E-state index in [1.54, 1.807) is 0 Å². The maximum Gasteiger partial charge on any atom is 0.258 e. The molecule has 4 atom stereocenters. The SMILES string of the molecule is O=C(COc1ccc(Cl)c(F)c1)N[C@@H]1[C@@H]2CC[C@@](NC(=O)COc3ccc(Cl)c(F)c3)(C2)C[C@@H]1O. The first-order valence-corrected chi connectivity index (χ1v) is 11.8. The fourth-order valence-electron chi connectivity index (χ4n) is 4.87. The van der Waals surface area contributed by atoms with Gasteiger partial charge in [0.1, 0.15) is 23.1 Å². The van der Waals surface area contributed by atoms with Gasteiger partial charge in [-0.1, -0.05) is 23.2 Å². The van der Waals surface area contributed by atoms with E-state index in [1.807, 2.05) is 0 Å². The van der Waals surface area contributed by atoms with Crippen molar-refractivity contribution in [2.75, 3.05) is 13.2 Å². The van der Waals surface area contributed by atoms with Crippen molar-refractivity contribution >= 4 is 35.0 Å². The number of carbonyl (C=O) groups excluding carboxylic acids is 2. The molecule has 35 heavy (non-hydrogen) atoms. The van der Waals surface area contributed by atoms with Gasteiger partial charge in [0.2, 0.25) is 0 Å². The summed E-state index contributed by atoms with van der Waals surface area (Å²) in [6.45, 7) is -0.659. The van der Waals surface area contributed by atoms with Gasteiger partial charge in [-0.15, -0.1) is 0 Å². The van der Waals surface area contributed by atoms with Crippen molar-refractivity contribution in [3.8, 4) is 11.5 Å². The number of amides is 2. The van der Waals surface area contributed by atoms with Crippen molar-refractivity contribution in [1.29, 1.82) is 0 Å². The van der Waals surface area contributed by atoms with Gasteiger partial charge in [0.05, 0.1) is 22.2 Å². The minimum absolute atomic E-state index is 0.0396. The molecule has 188 valence electrons. The number of hydrogen-bond acceptors (Lipinski definition) is 5. The average Bonchev–Trinajstić information content (AvgIpc) is 3.16. The second-order valence-corrected chi connectivity index (χ2v) is 9.74. The van der Waals surface area contributed by atoms with E-state index in [-0.39, 0.29) is 53.0 Å². The average molecular weight is 529 g/mol. The van der Waals surface area contributed by atoms with Crippen LogP contribution in [0.2, 0.25) is 10.0 Å². The van der Waals surface area contributed by atoms with Crippen LogP contribution < -0.4 is 20.1 Å². The number of fused-ring (bicyclic) bond motifs is 2. The monoisotopic (exact) mass is 528 g/mol. The molecule has 2 amide bonds. The number of nitrogens with one attached hydrogen (secondary N) is 2. The third-order valence-corrected chi connectivity index (χ3v) is 7.04. The van der Waals surface area contributed by atoms with Crippen molar-refractivity contribution in [1.82, 2.24) is 10.6 Å². The van der Waals surface area contributed by atoms with Crippen molar-refractivity contribution in [3.63, 3.8) is 0 Å². The zero-order chi connectivity index (χ0) is 25.2. The van der Waals surface area contributed by atoms with Gasteiger partial charge in [-0.05, 0) is 55.9 Å². The maximum absolute atomic E-state index is 13.5. The van der Waals surface area contributed by atoms with Gasteiger partial charge < -0.3 is 25.2 Å². The second kappa shape index (κ2) is 10.6. The summed E-state index contributed by atoms with van der Waals surface area (Å²) >= 11 is 11.3. The smallest absolute Gasteiger partial charge is 0.258 e. The van der Waals surface area contributed by atoms with Crippen molar-refractivity contribution < 1.29 is 33.0 Å². The van der Waals surface area contributed by atoms with E-state index in [1.165, 1.54) is 24.3 Å². The molecule has 2 fully saturated rings. The van der Waals surface area contributed by atoms with Crippen molar-refractivity contribution in [3.05, 3.63) is 58.1 Å². The third-order valence-electron chi connectivity index (χ3n) is 6.42. The Morgan fingerprint density at radius 1 is 0.971 bits per heavy atom. The van der Waals surface area contributed by atoms with Crippen LogP contribution in [-0.2, 0) is 9.59 Å². The molecule has 0 aliphatic heterocycles. The first kappa shape index (κ1) is 25.5. The molecular formula is C24H24Cl2F2N2O5. The number of aliphatic hydroxyl groups is 1. The predicted molar refractivity (Wildman–Crippen MR) is 125 cm³/mol. The lowest BCUT2D eigenvalue weighted by Crippen LogP contribution is -2.59. The Hall–Kier alpha value is -2.62. The predicted octanol–water partition coefficient (Wildman–Crippen LogP) is 3.63. The summed E-state index contributed by atoms with van der Waals surface area (Å²) in [6.07, 6.45) is 1.32. The summed E-state index contributed by atoms with van der Waals surface area (Å²) in [5, 5.41) is 16.4. The Bertz CT molecular complexity index is 1120. The highest BCUT2D eigenvalue weighted by Gasteiger charge is 2.51. The van der Waals surface area contributed by atoms with E-state index < -0.39 is 35.2 Å². The number of rotatable bonds is 8. The molecule has 2 saturated carbocycles. The van der Waals surface area contributed by atoms with E-state index in [4.69, 9.17) is 32.7 Å². The normalized spacial score (nSPS) is 25.1. The fraction of sp³-hybridized carbons (Fsp3) is 0.417. The molecule has 2 bridgehead atoms. The number of aliphatic hydroxyl groups excluding tert-OH is 1. The Kier molecular flexibility index (Phi) is 7.68. The minimum atomic E-state index is -0.875. The lowest BCUT2D eigenvalue weighted by molar-refractivity contribution is -0.128. The quantitative estimate of drug-likeness (QED) is 0.486. The van der Waals surface area contributed by atoms with E-state index in [2.05, 4.69) is 10.6 Å². The van der Waals surface area contributed by atoms with Gasteiger partial charge in [-0.3, -0.25) is 9.59 Å². The molecule has 0 unspecified atom stereocenters. The lowest BCUT2D eigenvalue weighted by Gasteiger charge is -2.41. The molecule has 0 spiro atoms. The van der Waals surface area contributed by atoms with Crippen LogP contribution in [0.1, 0.15) is 25.7 Å². The first-order chi connectivity index (χ1) is 16.6. The molecule has 0 radical (unpaired) electrons. The van der Waals surface area contributed by atoms with Crippen LogP contribution in [0.3, 0.4) is 0 Å². The highest BCUT2D eigenvalue weighted by molar-refractivity contribution is 6.31. The van der Waals surface area contributed by atoms with E-state index in [0.29, 0.717) is 19.3 Å². The highest BCUT2D eigenvalue weighted by atomic mass is 35.5. The van der Waals surface area contributed by atoms with Gasteiger partial charge >= 0.3 is 0 Å². The second-order valence-electron chi connectivity index (χ2n) is 8.93. The molecule has 3 N–H and O–H groups in total. The fourth-order valence-corrected chi connectivity index (χ4v) is 5.11. The Labute approximate surface area is 210 Å². The van der Waals surface area contributed by atoms with E-state index in [9.17, 15) is 23.5 Å². The molecule has 2 aliphatic rings. The molecule has 4 rings (SSSR count). The van der Waals surface area contributed by atoms with Crippen molar-refractivity contribution in [2.24, 2.45) is 5.92 Å².